The highest BCUT2D eigenvalue weighted by atomic mass is 16.5. The van der Waals surface area contributed by atoms with Gasteiger partial charge in [-0.15, -0.1) is 0 Å². The van der Waals surface area contributed by atoms with Crippen molar-refractivity contribution in [2.45, 2.75) is 43.7 Å². The summed E-state index contributed by atoms with van der Waals surface area (Å²) < 4.78 is 6.45. The van der Waals surface area contributed by atoms with E-state index in [2.05, 4.69) is 62.6 Å². The zero-order chi connectivity index (χ0) is 26.6. The molecular formula is C35H34O3. The van der Waals surface area contributed by atoms with E-state index in [1.807, 2.05) is 60.7 Å². The fraction of sp³-hybridized carbons (Fsp3) is 0.200. The van der Waals surface area contributed by atoms with Crippen LogP contribution in [0.15, 0.2) is 150 Å². The molecule has 0 radical (unpaired) electrons. The molecule has 1 saturated heterocycles. The van der Waals surface area contributed by atoms with Gasteiger partial charge in [-0.1, -0.05) is 110 Å². The van der Waals surface area contributed by atoms with E-state index < -0.39 is 24.4 Å². The van der Waals surface area contributed by atoms with Crippen LogP contribution in [0.2, 0.25) is 0 Å². The summed E-state index contributed by atoms with van der Waals surface area (Å²) in [5.74, 6) is -0.214. The fourth-order valence-corrected chi connectivity index (χ4v) is 5.61. The summed E-state index contributed by atoms with van der Waals surface area (Å²) in [6.07, 6.45) is 15.0. The number of aliphatic hydroxyl groups is 2. The molecule has 0 bridgehead atoms. The first-order valence-corrected chi connectivity index (χ1v) is 13.1. The molecule has 3 nitrogen and oxygen atoms in total. The molecule has 3 heteroatoms. The maximum absolute atomic E-state index is 11.3. The molecular weight excluding hydrogens is 468 g/mol. The van der Waals surface area contributed by atoms with Crippen molar-refractivity contribution in [3.05, 3.63) is 156 Å². The van der Waals surface area contributed by atoms with Gasteiger partial charge in [0.1, 0.15) is 24.4 Å². The Balaban J connectivity index is 1.57. The molecule has 5 unspecified atom stereocenters. The van der Waals surface area contributed by atoms with Crippen molar-refractivity contribution >= 4 is 0 Å². The van der Waals surface area contributed by atoms with Crippen LogP contribution in [0.3, 0.4) is 0 Å². The van der Waals surface area contributed by atoms with Crippen molar-refractivity contribution in [2.75, 3.05) is 0 Å². The summed E-state index contributed by atoms with van der Waals surface area (Å²) in [5.41, 5.74) is 8.12. The van der Waals surface area contributed by atoms with Crippen LogP contribution >= 0.6 is 0 Å². The molecule has 1 heterocycles. The number of ether oxygens (including phenoxy) is 1. The highest BCUT2D eigenvalue weighted by Gasteiger charge is 2.45. The van der Waals surface area contributed by atoms with E-state index in [4.69, 9.17) is 4.74 Å². The Morgan fingerprint density at radius 2 is 1.76 bits per heavy atom. The molecule has 2 aliphatic carbocycles. The Morgan fingerprint density at radius 3 is 2.45 bits per heavy atom. The standard InChI is InChI=1S/C35H34O3/c1-4-5-14-29-22-31(37)35-33(23(29)2)32(28-19-17-27(18-20-28)26-15-10-7-11-16-26)24(3)34(38-35)30(36)21-25-12-8-6-9-13-25/h4-12,14-22,30-32,34-37H,1,3,13H2,2H3/b14-5-,25-21-. The second-order valence-electron chi connectivity index (χ2n) is 9.98. The Labute approximate surface area is 225 Å². The summed E-state index contributed by atoms with van der Waals surface area (Å²) in [7, 11) is 0. The van der Waals surface area contributed by atoms with Gasteiger partial charge >= 0.3 is 0 Å². The molecule has 0 aromatic heterocycles. The smallest absolute Gasteiger partial charge is 0.110 e. The molecule has 1 aliphatic heterocycles. The lowest BCUT2D eigenvalue weighted by Crippen LogP contribution is -2.48. The van der Waals surface area contributed by atoms with Crippen LogP contribution in [0.5, 0.6) is 0 Å². The SMILES string of the molecule is C=C/C=C\C1=CC(O)C2OC(C(O)/C=C3/C=CC=CC3)C(=C)C(c3ccc(-c4ccccc4)cc3)C2=C1C. The summed E-state index contributed by atoms with van der Waals surface area (Å²) in [5, 5.41) is 22.5. The predicted octanol–water partition coefficient (Wildman–Crippen LogP) is 6.92. The zero-order valence-electron chi connectivity index (χ0n) is 21.7. The number of rotatable bonds is 6. The molecule has 2 aromatic rings. The number of allylic oxidation sites excluding steroid dienone is 10. The molecule has 0 saturated carbocycles. The minimum atomic E-state index is -0.889. The van der Waals surface area contributed by atoms with Crippen LogP contribution in [0.4, 0.5) is 0 Å². The maximum atomic E-state index is 11.3. The number of hydrogen-bond acceptors (Lipinski definition) is 3. The van der Waals surface area contributed by atoms with Gasteiger partial charge in [0.15, 0.2) is 0 Å². The number of benzene rings is 2. The Morgan fingerprint density at radius 1 is 1.03 bits per heavy atom. The van der Waals surface area contributed by atoms with Crippen molar-refractivity contribution in [3.63, 3.8) is 0 Å². The van der Waals surface area contributed by atoms with Gasteiger partial charge in [-0.2, -0.15) is 0 Å². The minimum Gasteiger partial charge on any atom is -0.386 e. The van der Waals surface area contributed by atoms with Gasteiger partial charge in [-0.05, 0) is 70.1 Å². The molecule has 5 atom stereocenters. The largest absolute Gasteiger partial charge is 0.386 e. The molecule has 2 N–H and O–H groups in total. The molecule has 0 spiro atoms. The first-order chi connectivity index (χ1) is 18.5. The molecule has 1 fully saturated rings. The van der Waals surface area contributed by atoms with Gasteiger partial charge in [-0.3, -0.25) is 0 Å². The van der Waals surface area contributed by atoms with Gasteiger partial charge in [0.25, 0.3) is 0 Å². The monoisotopic (exact) mass is 502 g/mol. The van der Waals surface area contributed by atoms with Gasteiger partial charge in [0, 0.05) is 5.92 Å². The van der Waals surface area contributed by atoms with Crippen LogP contribution < -0.4 is 0 Å². The third-order valence-corrected chi connectivity index (χ3v) is 7.54. The lowest BCUT2D eigenvalue weighted by Gasteiger charge is -2.45. The van der Waals surface area contributed by atoms with E-state index in [0.29, 0.717) is 0 Å². The van der Waals surface area contributed by atoms with Crippen LogP contribution in [-0.4, -0.2) is 34.6 Å². The first-order valence-electron chi connectivity index (χ1n) is 13.1. The van der Waals surface area contributed by atoms with Crippen molar-refractivity contribution in [1.29, 1.82) is 0 Å². The third kappa shape index (κ3) is 5.14. The van der Waals surface area contributed by atoms with E-state index in [1.165, 1.54) is 0 Å². The highest BCUT2D eigenvalue weighted by Crippen LogP contribution is 2.48. The number of fused-ring (bicyclic) bond motifs is 1. The van der Waals surface area contributed by atoms with Crippen molar-refractivity contribution in [2.24, 2.45) is 0 Å². The van der Waals surface area contributed by atoms with E-state index >= 15 is 0 Å². The molecule has 5 rings (SSSR count). The van der Waals surface area contributed by atoms with Crippen LogP contribution in [0.25, 0.3) is 11.1 Å². The lowest BCUT2D eigenvalue weighted by atomic mass is 9.71. The van der Waals surface area contributed by atoms with Gasteiger partial charge < -0.3 is 14.9 Å². The molecule has 2 aromatic carbocycles. The Hall–Kier alpha value is -3.76. The van der Waals surface area contributed by atoms with E-state index in [0.717, 1.165) is 51.0 Å². The third-order valence-electron chi connectivity index (χ3n) is 7.54. The summed E-state index contributed by atoms with van der Waals surface area (Å²) >= 11 is 0. The zero-order valence-corrected chi connectivity index (χ0v) is 21.7. The van der Waals surface area contributed by atoms with Crippen molar-refractivity contribution < 1.29 is 14.9 Å². The topological polar surface area (TPSA) is 49.7 Å². The van der Waals surface area contributed by atoms with Crippen LogP contribution in [0.1, 0.15) is 24.8 Å². The van der Waals surface area contributed by atoms with Crippen molar-refractivity contribution in [3.8, 4) is 11.1 Å². The Bertz CT molecular complexity index is 1380. The summed E-state index contributed by atoms with van der Waals surface area (Å²) in [6.45, 7) is 10.3. The highest BCUT2D eigenvalue weighted by molar-refractivity contribution is 5.64. The minimum absolute atomic E-state index is 0.214. The van der Waals surface area contributed by atoms with E-state index in [1.54, 1.807) is 6.08 Å². The summed E-state index contributed by atoms with van der Waals surface area (Å²) in [4.78, 5) is 0. The van der Waals surface area contributed by atoms with Gasteiger partial charge in [-0.25, -0.2) is 0 Å². The van der Waals surface area contributed by atoms with E-state index in [9.17, 15) is 10.2 Å². The van der Waals surface area contributed by atoms with Crippen LogP contribution in [-0.2, 0) is 4.74 Å². The average Bonchev–Trinajstić information content (AvgIpc) is 2.95. The van der Waals surface area contributed by atoms with Gasteiger partial charge in [0.05, 0.1) is 0 Å². The normalized spacial score (nSPS) is 27.0. The number of hydrogen-bond donors (Lipinski definition) is 2. The molecule has 3 aliphatic rings. The molecule has 38 heavy (non-hydrogen) atoms. The fourth-order valence-electron chi connectivity index (χ4n) is 5.61. The second-order valence-corrected chi connectivity index (χ2v) is 9.98. The lowest BCUT2D eigenvalue weighted by molar-refractivity contribution is -0.0803. The first kappa shape index (κ1) is 25.9. The van der Waals surface area contributed by atoms with Crippen LogP contribution in [0, 0.1) is 0 Å². The average molecular weight is 503 g/mol. The quantitative estimate of drug-likeness (QED) is 0.333. The maximum Gasteiger partial charge on any atom is 0.110 e. The second kappa shape index (κ2) is 11.3. The summed E-state index contributed by atoms with van der Waals surface area (Å²) in [6, 6.07) is 18.8. The van der Waals surface area contributed by atoms with E-state index in [-0.39, 0.29) is 5.92 Å². The predicted molar refractivity (Wildman–Crippen MR) is 156 cm³/mol. The number of aliphatic hydroxyl groups excluding tert-OH is 2. The Kier molecular flexibility index (Phi) is 7.71. The molecule has 0 amide bonds. The van der Waals surface area contributed by atoms with Crippen molar-refractivity contribution in [1.82, 2.24) is 0 Å². The van der Waals surface area contributed by atoms with Gasteiger partial charge in [0.2, 0.25) is 0 Å². The molecule has 192 valence electrons.